The van der Waals surface area contributed by atoms with Gasteiger partial charge in [0.1, 0.15) is 0 Å². The molecule has 106 valence electrons. The molecule has 0 aliphatic carbocycles. The van der Waals surface area contributed by atoms with Crippen molar-refractivity contribution in [2.75, 3.05) is 6.54 Å². The Hall–Kier alpha value is -1.42. The second kappa shape index (κ2) is 5.92. The molecule has 3 N–H and O–H groups in total. The fraction of sp³-hybridized carbons (Fsp3) is 0.200. The lowest BCUT2D eigenvalue weighted by molar-refractivity contribution is 0.400. The minimum atomic E-state index is -0.0884. The Morgan fingerprint density at radius 3 is 2.60 bits per heavy atom. The quantitative estimate of drug-likeness (QED) is 0.707. The van der Waals surface area contributed by atoms with Crippen LogP contribution in [0, 0.1) is 0 Å². The Morgan fingerprint density at radius 1 is 1.10 bits per heavy atom. The molecule has 20 heavy (non-hydrogen) atoms. The maximum Gasteiger partial charge on any atom is 0.157 e. The Labute approximate surface area is 128 Å². The Kier molecular flexibility index (Phi) is 4.43. The van der Waals surface area contributed by atoms with Crippen LogP contribution in [0.5, 0.6) is 11.5 Å². The van der Waals surface area contributed by atoms with E-state index in [1.54, 1.807) is 12.1 Å². The highest BCUT2D eigenvalue weighted by Crippen LogP contribution is 2.36. The van der Waals surface area contributed by atoms with Crippen molar-refractivity contribution in [2.24, 2.45) is 0 Å². The van der Waals surface area contributed by atoms with Crippen molar-refractivity contribution in [3.63, 3.8) is 0 Å². The van der Waals surface area contributed by atoms with Gasteiger partial charge in [0.25, 0.3) is 0 Å². The monoisotopic (exact) mass is 311 g/mol. The van der Waals surface area contributed by atoms with E-state index < -0.39 is 0 Å². The molecular weight excluding hydrogens is 297 g/mol. The van der Waals surface area contributed by atoms with Crippen LogP contribution in [-0.2, 0) is 6.42 Å². The highest BCUT2D eigenvalue weighted by atomic mass is 35.5. The van der Waals surface area contributed by atoms with Crippen LogP contribution in [-0.4, -0.2) is 16.8 Å². The molecule has 5 heteroatoms. The summed E-state index contributed by atoms with van der Waals surface area (Å²) in [5, 5.41) is 23.4. The van der Waals surface area contributed by atoms with Crippen LogP contribution in [0.2, 0.25) is 5.02 Å². The van der Waals surface area contributed by atoms with Crippen molar-refractivity contribution in [1.29, 1.82) is 0 Å². The van der Waals surface area contributed by atoms with Crippen LogP contribution < -0.4 is 5.32 Å². The summed E-state index contributed by atoms with van der Waals surface area (Å²) >= 11 is 6.03. The predicted molar refractivity (Wildman–Crippen MR) is 82.0 cm³/mol. The van der Waals surface area contributed by atoms with E-state index >= 15 is 0 Å². The van der Waals surface area contributed by atoms with Crippen molar-refractivity contribution in [3.05, 3.63) is 58.1 Å². The highest BCUT2D eigenvalue weighted by molar-refractivity contribution is 6.30. The average molecular weight is 312 g/mol. The number of benzene rings is 2. The number of nitrogens with one attached hydrogen (secondary N) is 1. The van der Waals surface area contributed by atoms with E-state index in [1.807, 2.05) is 24.3 Å². The van der Waals surface area contributed by atoms with E-state index in [4.69, 9.17) is 11.6 Å². The first-order chi connectivity index (χ1) is 9.15. The number of hydrogen-bond acceptors (Lipinski definition) is 3. The number of phenols is 2. The van der Waals surface area contributed by atoms with E-state index in [9.17, 15) is 10.2 Å². The van der Waals surface area contributed by atoms with Crippen LogP contribution in [0.1, 0.15) is 22.7 Å². The molecule has 1 aliphatic rings. The largest absolute Gasteiger partial charge is 0.504 e. The molecule has 0 spiro atoms. The minimum absolute atomic E-state index is 0. The summed E-state index contributed by atoms with van der Waals surface area (Å²) in [6.07, 6.45) is 0.834. The number of aromatic hydroxyl groups is 2. The van der Waals surface area contributed by atoms with Crippen LogP contribution in [0.3, 0.4) is 0 Å². The van der Waals surface area contributed by atoms with Crippen LogP contribution in [0.15, 0.2) is 36.4 Å². The molecule has 3 rings (SSSR count). The lowest BCUT2D eigenvalue weighted by Crippen LogP contribution is -2.30. The van der Waals surface area contributed by atoms with Gasteiger partial charge < -0.3 is 15.5 Å². The average Bonchev–Trinajstić information content (AvgIpc) is 2.39. The number of fused-ring (bicyclic) bond motifs is 1. The van der Waals surface area contributed by atoms with E-state index in [1.165, 1.54) is 0 Å². The molecule has 0 saturated heterocycles. The first kappa shape index (κ1) is 15.0. The number of rotatable bonds is 1. The van der Waals surface area contributed by atoms with Crippen LogP contribution in [0.4, 0.5) is 0 Å². The topological polar surface area (TPSA) is 52.5 Å². The summed E-state index contributed by atoms with van der Waals surface area (Å²) in [6, 6.07) is 10.9. The lowest BCUT2D eigenvalue weighted by atomic mass is 9.89. The van der Waals surface area contributed by atoms with Gasteiger partial charge in [-0.1, -0.05) is 23.7 Å². The zero-order chi connectivity index (χ0) is 13.4. The molecule has 1 aliphatic heterocycles. The molecule has 0 radical (unpaired) electrons. The van der Waals surface area contributed by atoms with Crippen molar-refractivity contribution in [1.82, 2.24) is 5.32 Å². The molecule has 2 aromatic rings. The van der Waals surface area contributed by atoms with Gasteiger partial charge in [-0.2, -0.15) is 0 Å². The smallest absolute Gasteiger partial charge is 0.157 e. The van der Waals surface area contributed by atoms with Crippen LogP contribution in [0.25, 0.3) is 0 Å². The fourth-order valence-electron chi connectivity index (χ4n) is 2.57. The molecule has 1 heterocycles. The van der Waals surface area contributed by atoms with Crippen molar-refractivity contribution < 1.29 is 10.2 Å². The van der Waals surface area contributed by atoms with Gasteiger partial charge in [-0.3, -0.25) is 0 Å². The number of halogens is 2. The molecular formula is C15H15Cl2NO2. The van der Waals surface area contributed by atoms with Gasteiger partial charge in [0.05, 0.1) is 6.04 Å². The Bertz CT molecular complexity index is 631. The zero-order valence-electron chi connectivity index (χ0n) is 10.6. The molecule has 0 saturated carbocycles. The molecule has 1 unspecified atom stereocenters. The second-order valence-electron chi connectivity index (χ2n) is 4.73. The third-order valence-corrected chi connectivity index (χ3v) is 3.71. The van der Waals surface area contributed by atoms with Crippen molar-refractivity contribution >= 4 is 24.0 Å². The van der Waals surface area contributed by atoms with Gasteiger partial charge in [0.2, 0.25) is 0 Å². The van der Waals surface area contributed by atoms with Gasteiger partial charge in [-0.05, 0) is 47.4 Å². The minimum Gasteiger partial charge on any atom is -0.504 e. The third-order valence-electron chi connectivity index (χ3n) is 3.47. The summed E-state index contributed by atoms with van der Waals surface area (Å²) in [5.41, 5.74) is 3.10. The molecule has 0 fully saturated rings. The summed E-state index contributed by atoms with van der Waals surface area (Å²) in [5.74, 6) is -0.153. The number of hydrogen-bond donors (Lipinski definition) is 3. The first-order valence-corrected chi connectivity index (χ1v) is 6.56. The molecule has 0 amide bonds. The van der Waals surface area contributed by atoms with Gasteiger partial charge >= 0.3 is 0 Å². The fourth-order valence-corrected chi connectivity index (χ4v) is 2.76. The SMILES string of the molecule is Cl.Oc1cc2c(cc1O)C(c1cccc(Cl)c1)NCC2. The third kappa shape index (κ3) is 2.70. The van der Waals surface area contributed by atoms with E-state index in [-0.39, 0.29) is 29.9 Å². The van der Waals surface area contributed by atoms with Crippen molar-refractivity contribution in [3.8, 4) is 11.5 Å². The van der Waals surface area contributed by atoms with Crippen molar-refractivity contribution in [2.45, 2.75) is 12.5 Å². The summed E-state index contributed by atoms with van der Waals surface area (Å²) in [6.45, 7) is 0.828. The summed E-state index contributed by atoms with van der Waals surface area (Å²) in [7, 11) is 0. The molecule has 2 aromatic carbocycles. The van der Waals surface area contributed by atoms with Gasteiger partial charge in [0.15, 0.2) is 11.5 Å². The standard InChI is InChI=1S/C15H14ClNO2.ClH/c16-11-3-1-2-10(6-11)15-12-8-14(19)13(18)7-9(12)4-5-17-15;/h1-3,6-8,15,17-19H,4-5H2;1H. The van der Waals surface area contributed by atoms with Gasteiger partial charge in [-0.15, -0.1) is 12.4 Å². The van der Waals surface area contributed by atoms with E-state index in [2.05, 4.69) is 5.32 Å². The molecule has 0 bridgehead atoms. The molecule has 1 atom stereocenters. The van der Waals surface area contributed by atoms with Crippen LogP contribution >= 0.6 is 24.0 Å². The summed E-state index contributed by atoms with van der Waals surface area (Å²) < 4.78 is 0. The Balaban J connectivity index is 0.00000147. The van der Waals surface area contributed by atoms with Gasteiger partial charge in [-0.25, -0.2) is 0 Å². The molecule has 0 aromatic heterocycles. The Morgan fingerprint density at radius 2 is 1.85 bits per heavy atom. The highest BCUT2D eigenvalue weighted by Gasteiger charge is 2.23. The maximum atomic E-state index is 9.69. The zero-order valence-corrected chi connectivity index (χ0v) is 12.2. The molecule has 3 nitrogen and oxygen atoms in total. The number of phenolic OH excluding ortho intramolecular Hbond substituents is 2. The maximum absolute atomic E-state index is 9.69. The van der Waals surface area contributed by atoms with E-state index in [0.29, 0.717) is 5.02 Å². The van der Waals surface area contributed by atoms with E-state index in [0.717, 1.165) is 29.7 Å². The predicted octanol–water partition coefficient (Wildman–Crippen LogP) is 3.41. The first-order valence-electron chi connectivity index (χ1n) is 6.19. The lowest BCUT2D eigenvalue weighted by Gasteiger charge is -2.28. The normalized spacial score (nSPS) is 17.1. The second-order valence-corrected chi connectivity index (χ2v) is 5.17. The summed E-state index contributed by atoms with van der Waals surface area (Å²) in [4.78, 5) is 0. The van der Waals surface area contributed by atoms with Gasteiger partial charge in [0, 0.05) is 11.6 Å².